The van der Waals surface area contributed by atoms with Crippen LogP contribution in [0.4, 0.5) is 5.69 Å². The molecule has 0 atom stereocenters. The standard InChI is InChI=1S/C27H23ClN4O3S/c1-16-24-21(18(14-33)13-29-16)12-22-26(35-24)30-25(17-8-10-19(28)11-9-17)31-27(22)36-15-23(34)32(2)20-6-4-3-5-7-20/h3-11,13,33H,12,14-15H2,1-2H3. The summed E-state index contributed by atoms with van der Waals surface area (Å²) in [4.78, 5) is 28.5. The fourth-order valence-corrected chi connectivity index (χ4v) is 5.03. The molecule has 2 aromatic heterocycles. The van der Waals surface area contributed by atoms with Gasteiger partial charge in [0.2, 0.25) is 11.8 Å². The number of aryl methyl sites for hydroxylation is 1. The molecule has 0 saturated heterocycles. The average molecular weight is 519 g/mol. The molecule has 1 aliphatic heterocycles. The van der Waals surface area contributed by atoms with E-state index in [1.807, 2.05) is 49.4 Å². The van der Waals surface area contributed by atoms with Crippen molar-refractivity contribution in [2.24, 2.45) is 0 Å². The van der Waals surface area contributed by atoms with E-state index in [0.29, 0.717) is 45.2 Å². The van der Waals surface area contributed by atoms with Crippen LogP contribution >= 0.6 is 23.4 Å². The number of amides is 1. The van der Waals surface area contributed by atoms with Gasteiger partial charge in [-0.25, -0.2) is 4.98 Å². The van der Waals surface area contributed by atoms with E-state index in [2.05, 4.69) is 4.98 Å². The third kappa shape index (κ3) is 4.80. The van der Waals surface area contributed by atoms with Gasteiger partial charge in [0.05, 0.1) is 23.6 Å². The third-order valence-corrected chi connectivity index (χ3v) is 7.26. The van der Waals surface area contributed by atoms with Crippen LogP contribution in [0.25, 0.3) is 11.4 Å². The average Bonchev–Trinajstić information content (AvgIpc) is 2.91. The van der Waals surface area contributed by atoms with E-state index in [-0.39, 0.29) is 18.3 Å². The van der Waals surface area contributed by atoms with Gasteiger partial charge in [0.1, 0.15) is 5.03 Å². The predicted octanol–water partition coefficient (Wildman–Crippen LogP) is 5.44. The number of fused-ring (bicyclic) bond motifs is 2. The molecule has 0 aliphatic carbocycles. The number of carbonyl (C=O) groups is 1. The van der Waals surface area contributed by atoms with Gasteiger partial charge in [0.15, 0.2) is 11.6 Å². The van der Waals surface area contributed by atoms with Crippen LogP contribution in [0.5, 0.6) is 11.6 Å². The Bertz CT molecular complexity index is 1430. The number of hydrogen-bond donors (Lipinski definition) is 1. The molecule has 5 rings (SSSR count). The molecule has 0 saturated carbocycles. The van der Waals surface area contributed by atoms with Crippen LogP contribution in [0.2, 0.25) is 5.02 Å². The highest BCUT2D eigenvalue weighted by atomic mass is 35.5. The van der Waals surface area contributed by atoms with Gasteiger partial charge < -0.3 is 14.7 Å². The lowest BCUT2D eigenvalue weighted by Gasteiger charge is -2.24. The SMILES string of the molecule is Cc1ncc(CO)c2c1Oc1nc(-c3ccc(Cl)cc3)nc(SCC(=O)N(C)c3ccccc3)c1C2. The number of aliphatic hydroxyl groups excluding tert-OH is 1. The molecule has 0 spiro atoms. The van der Waals surface area contributed by atoms with Crippen LogP contribution in [0.3, 0.4) is 0 Å². The molecule has 1 amide bonds. The molecule has 36 heavy (non-hydrogen) atoms. The summed E-state index contributed by atoms with van der Waals surface area (Å²) < 4.78 is 6.24. The Labute approximate surface area is 218 Å². The monoisotopic (exact) mass is 518 g/mol. The second-order valence-corrected chi connectivity index (χ2v) is 9.73. The number of benzene rings is 2. The summed E-state index contributed by atoms with van der Waals surface area (Å²) in [6.45, 7) is 1.71. The number of anilines is 1. The largest absolute Gasteiger partial charge is 0.436 e. The summed E-state index contributed by atoms with van der Waals surface area (Å²) in [7, 11) is 1.76. The van der Waals surface area contributed by atoms with E-state index in [4.69, 9.17) is 26.3 Å². The molecule has 2 aromatic carbocycles. The number of hydrogen-bond acceptors (Lipinski definition) is 7. The Kier molecular flexibility index (Phi) is 6.91. The Morgan fingerprint density at radius 2 is 1.86 bits per heavy atom. The lowest BCUT2D eigenvalue weighted by Crippen LogP contribution is -2.28. The molecule has 1 aliphatic rings. The number of halogens is 1. The predicted molar refractivity (Wildman–Crippen MR) is 141 cm³/mol. The Morgan fingerprint density at radius 3 is 2.58 bits per heavy atom. The van der Waals surface area contributed by atoms with Gasteiger partial charge in [-0.2, -0.15) is 4.98 Å². The van der Waals surface area contributed by atoms with Crippen molar-refractivity contribution in [2.75, 3.05) is 17.7 Å². The van der Waals surface area contributed by atoms with E-state index in [9.17, 15) is 9.90 Å². The second kappa shape index (κ2) is 10.3. The van der Waals surface area contributed by atoms with E-state index in [0.717, 1.165) is 22.4 Å². The number of thioether (sulfide) groups is 1. The van der Waals surface area contributed by atoms with Gasteiger partial charge in [0.25, 0.3) is 0 Å². The number of aliphatic hydroxyl groups is 1. The fourth-order valence-electron chi connectivity index (χ4n) is 3.96. The molecular formula is C27H23ClN4O3S. The van der Waals surface area contributed by atoms with Gasteiger partial charge in [-0.1, -0.05) is 41.6 Å². The molecule has 3 heterocycles. The molecule has 4 aromatic rings. The van der Waals surface area contributed by atoms with Crippen LogP contribution < -0.4 is 9.64 Å². The topological polar surface area (TPSA) is 88.4 Å². The normalized spacial score (nSPS) is 11.9. The van der Waals surface area contributed by atoms with Crippen molar-refractivity contribution in [3.63, 3.8) is 0 Å². The van der Waals surface area contributed by atoms with Crippen molar-refractivity contribution in [3.8, 4) is 23.0 Å². The number of nitrogens with zero attached hydrogens (tertiary/aromatic N) is 4. The van der Waals surface area contributed by atoms with Crippen LogP contribution in [0, 0.1) is 6.92 Å². The quantitative estimate of drug-likeness (QED) is 0.236. The van der Waals surface area contributed by atoms with E-state index in [1.165, 1.54) is 11.8 Å². The minimum absolute atomic E-state index is 0.0557. The molecule has 0 bridgehead atoms. The lowest BCUT2D eigenvalue weighted by molar-refractivity contribution is -0.115. The smallest absolute Gasteiger partial charge is 0.237 e. The van der Waals surface area contributed by atoms with Gasteiger partial charge in [-0.15, -0.1) is 0 Å². The van der Waals surface area contributed by atoms with Crippen molar-refractivity contribution in [1.82, 2.24) is 15.0 Å². The maximum absolute atomic E-state index is 13.0. The van der Waals surface area contributed by atoms with Gasteiger partial charge in [-0.05, 0) is 43.3 Å². The van der Waals surface area contributed by atoms with E-state index >= 15 is 0 Å². The summed E-state index contributed by atoms with van der Waals surface area (Å²) in [5.74, 6) is 1.63. The summed E-state index contributed by atoms with van der Waals surface area (Å²) in [6.07, 6.45) is 2.13. The minimum Gasteiger partial charge on any atom is -0.436 e. The first-order chi connectivity index (χ1) is 17.4. The van der Waals surface area contributed by atoms with Crippen LogP contribution in [0.15, 0.2) is 65.8 Å². The highest BCUT2D eigenvalue weighted by Crippen LogP contribution is 2.42. The Balaban J connectivity index is 1.51. The van der Waals surface area contributed by atoms with Crippen molar-refractivity contribution in [1.29, 1.82) is 0 Å². The number of para-hydroxylation sites is 1. The van der Waals surface area contributed by atoms with Gasteiger partial charge in [0, 0.05) is 47.1 Å². The first kappa shape index (κ1) is 24.2. The molecule has 182 valence electrons. The maximum Gasteiger partial charge on any atom is 0.237 e. The zero-order valence-corrected chi connectivity index (χ0v) is 21.3. The summed E-state index contributed by atoms with van der Waals surface area (Å²) >= 11 is 7.42. The Hall–Kier alpha value is -3.46. The second-order valence-electron chi connectivity index (χ2n) is 8.33. The van der Waals surface area contributed by atoms with Crippen molar-refractivity contribution >= 4 is 35.0 Å². The molecule has 1 N–H and O–H groups in total. The van der Waals surface area contributed by atoms with Gasteiger partial charge in [-0.3, -0.25) is 9.78 Å². The molecule has 7 nitrogen and oxygen atoms in total. The van der Waals surface area contributed by atoms with E-state index in [1.54, 1.807) is 30.3 Å². The number of carbonyl (C=O) groups excluding carboxylic acids is 1. The summed E-state index contributed by atoms with van der Waals surface area (Å²) in [5.41, 5.74) is 4.65. The Morgan fingerprint density at radius 1 is 1.11 bits per heavy atom. The zero-order chi connectivity index (χ0) is 25.2. The highest BCUT2D eigenvalue weighted by Gasteiger charge is 2.28. The van der Waals surface area contributed by atoms with Crippen LogP contribution in [0.1, 0.15) is 22.4 Å². The van der Waals surface area contributed by atoms with Crippen molar-refractivity contribution < 1.29 is 14.6 Å². The minimum atomic E-state index is -0.152. The molecule has 0 fully saturated rings. The maximum atomic E-state index is 13.0. The third-order valence-electron chi connectivity index (χ3n) is 6.01. The molecule has 9 heteroatoms. The van der Waals surface area contributed by atoms with Crippen LogP contribution in [-0.4, -0.2) is 38.8 Å². The lowest BCUT2D eigenvalue weighted by atomic mass is 9.99. The molecular weight excluding hydrogens is 496 g/mol. The summed E-state index contributed by atoms with van der Waals surface area (Å²) in [6, 6.07) is 16.8. The first-order valence-electron chi connectivity index (χ1n) is 11.3. The number of rotatable bonds is 6. The van der Waals surface area contributed by atoms with Crippen LogP contribution in [-0.2, 0) is 17.8 Å². The molecule has 0 unspecified atom stereocenters. The van der Waals surface area contributed by atoms with E-state index < -0.39 is 0 Å². The fraction of sp³-hybridized carbons (Fsp3) is 0.185. The van der Waals surface area contributed by atoms with Crippen molar-refractivity contribution in [3.05, 3.63) is 88.2 Å². The molecule has 0 radical (unpaired) electrons. The van der Waals surface area contributed by atoms with Gasteiger partial charge >= 0.3 is 0 Å². The zero-order valence-electron chi connectivity index (χ0n) is 19.7. The summed E-state index contributed by atoms with van der Waals surface area (Å²) in [5, 5.41) is 11.1. The number of aromatic nitrogens is 3. The number of ether oxygens (including phenoxy) is 1. The van der Waals surface area contributed by atoms with Crippen molar-refractivity contribution in [2.45, 2.75) is 25.0 Å². The highest BCUT2D eigenvalue weighted by molar-refractivity contribution is 8.00. The first-order valence-corrected chi connectivity index (χ1v) is 12.7. The number of pyridine rings is 1.